The number of nitrogens with zero attached hydrogens (tertiary/aromatic N) is 2. The van der Waals surface area contributed by atoms with Gasteiger partial charge in [-0.25, -0.2) is 0 Å². The molecule has 4 aliphatic rings. The first-order valence-corrected chi connectivity index (χ1v) is 26.6. The highest BCUT2D eigenvalue weighted by Gasteiger charge is 2.45. The molecule has 0 atom stereocenters. The summed E-state index contributed by atoms with van der Waals surface area (Å²) in [5, 5.41) is 8.00. The summed E-state index contributed by atoms with van der Waals surface area (Å²) in [5.41, 5.74) is 26.2. The molecule has 0 saturated heterocycles. The Bertz CT molecular complexity index is 3740. The first-order chi connectivity index (χ1) is 34.4. The zero-order valence-electron chi connectivity index (χ0n) is 44.1. The van der Waals surface area contributed by atoms with Gasteiger partial charge in [-0.05, 0) is 148 Å². The second-order valence-electron chi connectivity index (χ2n) is 24.5. The Balaban J connectivity index is 1.09. The average molecular weight is 933 g/mol. The van der Waals surface area contributed by atoms with E-state index in [1.807, 2.05) is 0 Å². The maximum absolute atomic E-state index is 2.66. The number of rotatable bonds is 4. The van der Waals surface area contributed by atoms with Crippen molar-refractivity contribution in [1.29, 1.82) is 0 Å². The summed E-state index contributed by atoms with van der Waals surface area (Å²) in [4.78, 5) is 5.32. The molecule has 10 aromatic rings. The fourth-order valence-electron chi connectivity index (χ4n) is 14.6. The summed E-state index contributed by atoms with van der Waals surface area (Å²) in [6.07, 6.45) is 0. The van der Waals surface area contributed by atoms with E-state index in [2.05, 4.69) is 251 Å². The first-order valence-electron chi connectivity index (χ1n) is 26.6. The van der Waals surface area contributed by atoms with Crippen LogP contribution >= 0.6 is 0 Å². The number of hydrogen-bond acceptors (Lipinski definition) is 2. The average Bonchev–Trinajstić information content (AvgIpc) is 3.73. The van der Waals surface area contributed by atoms with Crippen molar-refractivity contribution < 1.29 is 0 Å². The van der Waals surface area contributed by atoms with E-state index >= 15 is 0 Å². The smallest absolute Gasteiger partial charge is 0.0543 e. The van der Waals surface area contributed by atoms with Gasteiger partial charge in [0.15, 0.2) is 0 Å². The summed E-state index contributed by atoms with van der Waals surface area (Å²) in [5.74, 6) is 0.580. The van der Waals surface area contributed by atoms with Crippen LogP contribution in [0.4, 0.5) is 34.1 Å². The van der Waals surface area contributed by atoms with Crippen LogP contribution in [0.25, 0.3) is 54.6 Å². The van der Waals surface area contributed by atoms with Gasteiger partial charge in [0.1, 0.15) is 0 Å². The molecule has 0 spiro atoms. The van der Waals surface area contributed by atoms with Crippen molar-refractivity contribution >= 4 is 66.4 Å². The lowest BCUT2D eigenvalue weighted by molar-refractivity contribution is 0.619. The molecule has 354 valence electrons. The Labute approximate surface area is 426 Å². The minimum atomic E-state index is -0.221. The fraction of sp³-hybridized carbons (Fsp3) is 0.257. The molecule has 0 saturated carbocycles. The molecular formula is C70H64N2. The van der Waals surface area contributed by atoms with Crippen LogP contribution in [-0.4, -0.2) is 0 Å². The van der Waals surface area contributed by atoms with E-state index in [-0.39, 0.29) is 21.7 Å². The minimum absolute atomic E-state index is 0.102. The van der Waals surface area contributed by atoms with Gasteiger partial charge in [0.2, 0.25) is 0 Å². The topological polar surface area (TPSA) is 6.48 Å². The SMILES string of the molecule is CC(C)c1cc(N2c3ccccc3C(C)(C)c3cc4c(cc32)-c2ccccc2C4(C)C)c2ccc3c(C(C)C)cc(N4c5ccccc5C(C)(C)c5cc6c(cc54)-c4ccccc4C6(C)C)c4ccc1c2c34. The highest BCUT2D eigenvalue weighted by molar-refractivity contribution is 6.29. The lowest BCUT2D eigenvalue weighted by Gasteiger charge is -2.44. The summed E-state index contributed by atoms with van der Waals surface area (Å²) in [6, 6.07) is 61.9. The molecule has 0 amide bonds. The van der Waals surface area contributed by atoms with Gasteiger partial charge in [-0.3, -0.25) is 0 Å². The highest BCUT2D eigenvalue weighted by Crippen LogP contribution is 2.62. The van der Waals surface area contributed by atoms with Gasteiger partial charge in [0.05, 0.1) is 34.1 Å². The van der Waals surface area contributed by atoms with Crippen LogP contribution in [0.15, 0.2) is 158 Å². The van der Waals surface area contributed by atoms with E-state index in [1.165, 1.54) is 144 Å². The molecule has 2 nitrogen and oxygen atoms in total. The predicted octanol–water partition coefficient (Wildman–Crippen LogP) is 19.7. The molecule has 2 heteroatoms. The van der Waals surface area contributed by atoms with Crippen LogP contribution in [-0.2, 0) is 21.7 Å². The van der Waals surface area contributed by atoms with Crippen LogP contribution in [0, 0.1) is 0 Å². The van der Waals surface area contributed by atoms with Gasteiger partial charge in [-0.15, -0.1) is 0 Å². The maximum Gasteiger partial charge on any atom is 0.0543 e. The number of anilines is 6. The molecule has 72 heavy (non-hydrogen) atoms. The second-order valence-corrected chi connectivity index (χ2v) is 24.5. The summed E-state index contributed by atoms with van der Waals surface area (Å²) in [6.45, 7) is 28.9. The third-order valence-electron chi connectivity index (χ3n) is 18.5. The molecule has 10 aromatic carbocycles. The summed E-state index contributed by atoms with van der Waals surface area (Å²) < 4.78 is 0. The monoisotopic (exact) mass is 933 g/mol. The van der Waals surface area contributed by atoms with Crippen molar-refractivity contribution in [2.75, 3.05) is 9.80 Å². The van der Waals surface area contributed by atoms with Gasteiger partial charge in [-0.2, -0.15) is 0 Å². The van der Waals surface area contributed by atoms with E-state index in [0.717, 1.165) is 0 Å². The van der Waals surface area contributed by atoms with Crippen LogP contribution in [0.5, 0.6) is 0 Å². The van der Waals surface area contributed by atoms with Crippen LogP contribution < -0.4 is 9.80 Å². The lowest BCUT2D eigenvalue weighted by Crippen LogP contribution is -2.31. The molecule has 0 fully saturated rings. The molecule has 2 heterocycles. The van der Waals surface area contributed by atoms with Crippen LogP contribution in [0.1, 0.15) is 151 Å². The zero-order valence-corrected chi connectivity index (χ0v) is 44.1. The Morgan fingerprint density at radius 3 is 1.00 bits per heavy atom. The fourth-order valence-corrected chi connectivity index (χ4v) is 14.6. The van der Waals surface area contributed by atoms with E-state index in [1.54, 1.807) is 0 Å². The Kier molecular flexibility index (Phi) is 8.65. The highest BCUT2D eigenvalue weighted by atomic mass is 15.2. The van der Waals surface area contributed by atoms with Crippen molar-refractivity contribution in [3.8, 4) is 22.3 Å². The van der Waals surface area contributed by atoms with Crippen molar-refractivity contribution in [2.45, 2.75) is 117 Å². The Morgan fingerprint density at radius 2 is 0.611 bits per heavy atom. The van der Waals surface area contributed by atoms with E-state index in [0.29, 0.717) is 11.8 Å². The normalized spacial score (nSPS) is 17.0. The second kappa shape index (κ2) is 14.3. The van der Waals surface area contributed by atoms with Gasteiger partial charge in [-0.1, -0.05) is 204 Å². The number of para-hydroxylation sites is 2. The maximum atomic E-state index is 2.66. The standard InChI is InChI=1S/C70H64N2/c1-39(2)47-33-61(71-59-27-19-17-25-53(59)69(9,10)57-37-55-49(35-63(57)71)41-21-13-15-23-51(41)67(55,5)6)45-32-30-44-48(40(3)4)34-62(46-31-29-43(47)65(45)66(44)46)72-60-28-20-18-26-54(60)70(11,12)58-38-56-50(36-64(58)72)42-22-14-16-24-52(42)68(56,7)8/h13-40H,1-12H3. The van der Waals surface area contributed by atoms with E-state index in [9.17, 15) is 0 Å². The van der Waals surface area contributed by atoms with Gasteiger partial charge < -0.3 is 9.80 Å². The lowest BCUT2D eigenvalue weighted by atomic mass is 9.71. The largest absolute Gasteiger partial charge is 0.309 e. The molecule has 0 radical (unpaired) electrons. The molecule has 2 aliphatic heterocycles. The zero-order chi connectivity index (χ0) is 49.7. The Morgan fingerprint density at radius 1 is 0.278 bits per heavy atom. The molecule has 0 bridgehead atoms. The number of fused-ring (bicyclic) bond motifs is 10. The van der Waals surface area contributed by atoms with Crippen molar-refractivity contribution in [3.05, 3.63) is 213 Å². The summed E-state index contributed by atoms with van der Waals surface area (Å²) in [7, 11) is 0. The van der Waals surface area contributed by atoms with Crippen LogP contribution in [0.3, 0.4) is 0 Å². The van der Waals surface area contributed by atoms with Gasteiger partial charge >= 0.3 is 0 Å². The van der Waals surface area contributed by atoms with Crippen molar-refractivity contribution in [3.63, 3.8) is 0 Å². The molecular weight excluding hydrogens is 869 g/mol. The van der Waals surface area contributed by atoms with E-state index < -0.39 is 0 Å². The molecule has 14 rings (SSSR count). The van der Waals surface area contributed by atoms with Crippen molar-refractivity contribution in [1.82, 2.24) is 0 Å². The first kappa shape index (κ1) is 43.6. The number of hydrogen-bond donors (Lipinski definition) is 0. The van der Waals surface area contributed by atoms with Crippen molar-refractivity contribution in [2.24, 2.45) is 0 Å². The van der Waals surface area contributed by atoms with Crippen LogP contribution in [0.2, 0.25) is 0 Å². The molecule has 0 unspecified atom stereocenters. The van der Waals surface area contributed by atoms with Gasteiger partial charge in [0.25, 0.3) is 0 Å². The third-order valence-corrected chi connectivity index (χ3v) is 18.5. The predicted molar refractivity (Wildman–Crippen MR) is 307 cm³/mol. The van der Waals surface area contributed by atoms with Gasteiger partial charge in [0, 0.05) is 32.4 Å². The number of benzene rings is 10. The molecule has 0 N–H and O–H groups in total. The minimum Gasteiger partial charge on any atom is -0.309 e. The molecule has 2 aliphatic carbocycles. The quantitative estimate of drug-likeness (QED) is 0.162. The molecule has 0 aromatic heterocycles. The third kappa shape index (κ3) is 5.41. The summed E-state index contributed by atoms with van der Waals surface area (Å²) >= 11 is 0. The van der Waals surface area contributed by atoms with E-state index in [4.69, 9.17) is 0 Å². The Hall–Kier alpha value is -7.16.